The highest BCUT2D eigenvalue weighted by atomic mass is 19.4. The van der Waals surface area contributed by atoms with Crippen LogP contribution >= 0.6 is 0 Å². The number of methoxy groups -OCH3 is 1. The van der Waals surface area contributed by atoms with E-state index >= 15 is 0 Å². The van der Waals surface area contributed by atoms with Crippen molar-refractivity contribution in [3.05, 3.63) is 35.5 Å². The first-order valence-corrected chi connectivity index (χ1v) is 6.15. The molecule has 0 bridgehead atoms. The Hall–Kier alpha value is -2.65. The topological polar surface area (TPSA) is 80.5 Å². The summed E-state index contributed by atoms with van der Waals surface area (Å²) in [5.74, 6) is -3.35. The molecule has 126 valence electrons. The Morgan fingerprint density at radius 3 is 2.48 bits per heavy atom. The smallest absolute Gasteiger partial charge is 0.510 e. The quantitative estimate of drug-likeness (QED) is 0.288. The van der Waals surface area contributed by atoms with Gasteiger partial charge in [0.05, 0.1) is 7.11 Å². The zero-order valence-corrected chi connectivity index (χ0v) is 12.0. The predicted molar refractivity (Wildman–Crippen MR) is 69.6 cm³/mol. The van der Waals surface area contributed by atoms with Crippen LogP contribution in [0, 0.1) is 5.82 Å². The van der Waals surface area contributed by atoms with Crippen molar-refractivity contribution in [3.63, 3.8) is 0 Å². The first-order valence-electron chi connectivity index (χ1n) is 6.15. The molecule has 0 fully saturated rings. The highest BCUT2D eigenvalue weighted by molar-refractivity contribution is 5.88. The number of aliphatic hydroxyl groups excluding tert-OH is 1. The number of carbonyl (C=O) groups is 1. The number of nitrogens with zero attached hydrogens (tertiary/aromatic N) is 2. The zero-order chi connectivity index (χ0) is 17.6. The number of esters is 1. The van der Waals surface area contributed by atoms with Crippen LogP contribution in [0.4, 0.5) is 23.2 Å². The molecule has 0 aromatic heterocycles. The van der Waals surface area contributed by atoms with E-state index in [1.807, 2.05) is 0 Å². The fourth-order valence-electron chi connectivity index (χ4n) is 1.35. The molecule has 1 aromatic carbocycles. The molecule has 0 unspecified atom stereocenters. The lowest BCUT2D eigenvalue weighted by Gasteiger charge is -2.08. The van der Waals surface area contributed by atoms with Crippen LogP contribution in [-0.2, 0) is 9.53 Å². The summed E-state index contributed by atoms with van der Waals surface area (Å²) in [7, 11) is 1.05. The van der Waals surface area contributed by atoms with Gasteiger partial charge in [0.1, 0.15) is 17.2 Å². The molecule has 0 aliphatic rings. The van der Waals surface area contributed by atoms with Gasteiger partial charge >= 0.3 is 12.3 Å². The fourth-order valence-corrected chi connectivity index (χ4v) is 1.35. The summed E-state index contributed by atoms with van der Waals surface area (Å²) in [6.07, 6.45) is -4.91. The molecular formula is C13H12F4N2O4. The largest absolute Gasteiger partial charge is 0.573 e. The van der Waals surface area contributed by atoms with Crippen LogP contribution in [0.3, 0.4) is 0 Å². The Labute approximate surface area is 128 Å². The first kappa shape index (κ1) is 18.4. The van der Waals surface area contributed by atoms with Crippen LogP contribution in [-0.4, -0.2) is 24.5 Å². The molecule has 1 rings (SSSR count). The molecule has 0 heterocycles. The minimum absolute atomic E-state index is 0.0459. The van der Waals surface area contributed by atoms with Crippen LogP contribution in [0.5, 0.6) is 5.75 Å². The standard InChI is InChI=1S/C13H12F4N2O4/c1-3-10(20)11(12(21)22-2)19-18-9-5-4-7(6-8(9)14)23-13(15,16)17/h4-6,20H,3H2,1-2H3/b11-10+,19-18?. The molecule has 0 atom stereocenters. The van der Waals surface area contributed by atoms with Gasteiger partial charge in [-0.2, -0.15) is 0 Å². The van der Waals surface area contributed by atoms with Crippen LogP contribution in [0.15, 0.2) is 39.9 Å². The number of hydrogen-bond donors (Lipinski definition) is 1. The Bertz CT molecular complexity index is 641. The summed E-state index contributed by atoms with van der Waals surface area (Å²) in [6, 6.07) is 2.16. The highest BCUT2D eigenvalue weighted by Gasteiger charge is 2.31. The second-order valence-electron chi connectivity index (χ2n) is 4.00. The summed E-state index contributed by atoms with van der Waals surface area (Å²) in [5, 5.41) is 16.3. The van der Waals surface area contributed by atoms with Gasteiger partial charge in [0.25, 0.3) is 0 Å². The average molecular weight is 336 g/mol. The van der Waals surface area contributed by atoms with Gasteiger partial charge < -0.3 is 14.6 Å². The molecule has 0 aliphatic heterocycles. The van der Waals surface area contributed by atoms with Crippen molar-refractivity contribution in [3.8, 4) is 5.75 Å². The molecular weight excluding hydrogens is 324 g/mol. The number of aliphatic hydroxyl groups is 1. The van der Waals surface area contributed by atoms with Crippen LogP contribution in [0.2, 0.25) is 0 Å². The Morgan fingerprint density at radius 1 is 1.35 bits per heavy atom. The van der Waals surface area contributed by atoms with Crippen molar-refractivity contribution in [2.45, 2.75) is 19.7 Å². The first-order chi connectivity index (χ1) is 10.7. The van der Waals surface area contributed by atoms with Gasteiger partial charge in [-0.25, -0.2) is 9.18 Å². The summed E-state index contributed by atoms with van der Waals surface area (Å²) < 4.78 is 57.6. The van der Waals surface area contributed by atoms with Crippen molar-refractivity contribution in [1.29, 1.82) is 0 Å². The lowest BCUT2D eigenvalue weighted by molar-refractivity contribution is -0.274. The third-order valence-corrected chi connectivity index (χ3v) is 2.40. The van der Waals surface area contributed by atoms with Gasteiger partial charge in [0, 0.05) is 12.5 Å². The molecule has 0 spiro atoms. The number of rotatable bonds is 5. The van der Waals surface area contributed by atoms with Gasteiger partial charge in [-0.05, 0) is 12.1 Å². The van der Waals surface area contributed by atoms with E-state index in [0.29, 0.717) is 6.07 Å². The molecule has 10 heteroatoms. The molecule has 23 heavy (non-hydrogen) atoms. The van der Waals surface area contributed by atoms with Crippen molar-refractivity contribution < 1.29 is 36.9 Å². The Balaban J connectivity index is 3.06. The summed E-state index contributed by atoms with van der Waals surface area (Å²) in [4.78, 5) is 11.4. The van der Waals surface area contributed by atoms with Crippen molar-refractivity contribution in [2.24, 2.45) is 10.2 Å². The number of alkyl halides is 3. The maximum atomic E-state index is 13.6. The van der Waals surface area contributed by atoms with E-state index < -0.39 is 41.0 Å². The van der Waals surface area contributed by atoms with E-state index in [1.165, 1.54) is 6.92 Å². The number of allylic oxidation sites excluding steroid dienone is 1. The molecule has 0 amide bonds. The third kappa shape index (κ3) is 5.57. The molecule has 0 saturated carbocycles. The molecule has 1 aromatic rings. The third-order valence-electron chi connectivity index (χ3n) is 2.40. The van der Waals surface area contributed by atoms with Crippen molar-refractivity contribution in [2.75, 3.05) is 7.11 Å². The van der Waals surface area contributed by atoms with Gasteiger partial charge in [0.15, 0.2) is 5.82 Å². The summed E-state index contributed by atoms with van der Waals surface area (Å²) >= 11 is 0. The number of azo groups is 1. The molecule has 0 aliphatic carbocycles. The second-order valence-corrected chi connectivity index (χ2v) is 4.00. The predicted octanol–water partition coefficient (Wildman–Crippen LogP) is 4.16. The lowest BCUT2D eigenvalue weighted by Crippen LogP contribution is -2.17. The Kier molecular flexibility index (Phi) is 6.05. The highest BCUT2D eigenvalue weighted by Crippen LogP contribution is 2.28. The minimum Gasteiger partial charge on any atom is -0.510 e. The molecule has 1 N–H and O–H groups in total. The summed E-state index contributed by atoms with van der Waals surface area (Å²) in [5.41, 5.74) is -0.991. The minimum atomic E-state index is -4.96. The van der Waals surface area contributed by atoms with Gasteiger partial charge in [-0.3, -0.25) is 0 Å². The van der Waals surface area contributed by atoms with E-state index in [-0.39, 0.29) is 6.42 Å². The maximum absolute atomic E-state index is 13.6. The van der Waals surface area contributed by atoms with E-state index in [9.17, 15) is 27.5 Å². The number of ether oxygens (including phenoxy) is 2. The normalized spacial score (nSPS) is 13.0. The zero-order valence-electron chi connectivity index (χ0n) is 12.0. The molecule has 0 saturated heterocycles. The fraction of sp³-hybridized carbons (Fsp3) is 0.308. The van der Waals surface area contributed by atoms with Crippen LogP contribution in [0.1, 0.15) is 13.3 Å². The monoisotopic (exact) mass is 336 g/mol. The molecule has 0 radical (unpaired) electrons. The number of benzene rings is 1. The van der Waals surface area contributed by atoms with Crippen molar-refractivity contribution >= 4 is 11.7 Å². The molecule has 6 nitrogen and oxygen atoms in total. The lowest BCUT2D eigenvalue weighted by atomic mass is 10.3. The van der Waals surface area contributed by atoms with Crippen molar-refractivity contribution in [1.82, 2.24) is 0 Å². The maximum Gasteiger partial charge on any atom is 0.573 e. The number of hydrogen-bond acceptors (Lipinski definition) is 6. The van der Waals surface area contributed by atoms with Gasteiger partial charge in [-0.1, -0.05) is 6.92 Å². The van der Waals surface area contributed by atoms with E-state index in [1.54, 1.807) is 0 Å². The van der Waals surface area contributed by atoms with E-state index in [0.717, 1.165) is 19.2 Å². The van der Waals surface area contributed by atoms with Gasteiger partial charge in [0.2, 0.25) is 5.70 Å². The van der Waals surface area contributed by atoms with Crippen LogP contribution in [0.25, 0.3) is 0 Å². The number of halogens is 4. The number of carbonyl (C=O) groups excluding carboxylic acids is 1. The summed E-state index contributed by atoms with van der Waals surface area (Å²) in [6.45, 7) is 1.53. The van der Waals surface area contributed by atoms with E-state index in [4.69, 9.17) is 0 Å². The average Bonchev–Trinajstić information content (AvgIpc) is 2.46. The Morgan fingerprint density at radius 2 is 2.00 bits per heavy atom. The second kappa shape index (κ2) is 7.56. The van der Waals surface area contributed by atoms with Gasteiger partial charge in [-0.15, -0.1) is 23.4 Å². The SMILES string of the molecule is CC/C(O)=C(\N=Nc1ccc(OC(F)(F)F)cc1F)C(=O)OC. The van der Waals surface area contributed by atoms with Crippen LogP contribution < -0.4 is 4.74 Å². The van der Waals surface area contributed by atoms with E-state index in [2.05, 4.69) is 19.7 Å².